The van der Waals surface area contributed by atoms with Gasteiger partial charge in [0.1, 0.15) is 5.92 Å². The number of β-lactam (4-membered cyclic amide) rings is 1. The van der Waals surface area contributed by atoms with Gasteiger partial charge < -0.3 is 8.85 Å². The van der Waals surface area contributed by atoms with Crippen molar-refractivity contribution in [1.29, 1.82) is 0 Å². The average Bonchev–Trinajstić information content (AvgIpc) is 2.32. The molecule has 26 heavy (non-hydrogen) atoms. The number of nitrogens with zero attached hydrogens (tertiary/aromatic N) is 1. The SMILES string of the molecule is CC(O[Si](C)(C)C(C)(C)C(C)C)C1C(=O)N(S(=O)(=O)Cl)C1O[Si](C)(C)C. The van der Waals surface area contributed by atoms with Gasteiger partial charge in [0.2, 0.25) is 5.91 Å². The monoisotopic (exact) mass is 443 g/mol. The lowest BCUT2D eigenvalue weighted by molar-refractivity contribution is -0.170. The van der Waals surface area contributed by atoms with E-state index < -0.39 is 50.0 Å². The fourth-order valence-corrected chi connectivity index (χ4v) is 8.01. The fourth-order valence-electron chi connectivity index (χ4n) is 2.99. The van der Waals surface area contributed by atoms with Gasteiger partial charge in [-0.1, -0.05) is 27.7 Å². The van der Waals surface area contributed by atoms with Gasteiger partial charge in [0, 0.05) is 10.7 Å². The third-order valence-corrected chi connectivity index (χ3v) is 12.6. The van der Waals surface area contributed by atoms with E-state index in [1.807, 2.05) is 26.6 Å². The van der Waals surface area contributed by atoms with Gasteiger partial charge in [0.15, 0.2) is 22.9 Å². The summed E-state index contributed by atoms with van der Waals surface area (Å²) in [6, 6.07) is 0. The fraction of sp³-hybridized carbons (Fsp3) is 0.938. The molecule has 0 spiro atoms. The first-order chi connectivity index (χ1) is 11.3. The van der Waals surface area contributed by atoms with Gasteiger partial charge >= 0.3 is 9.24 Å². The van der Waals surface area contributed by atoms with Crippen molar-refractivity contribution in [1.82, 2.24) is 4.31 Å². The van der Waals surface area contributed by atoms with Crippen LogP contribution in [0.5, 0.6) is 0 Å². The molecule has 0 aliphatic carbocycles. The normalized spacial score (nSPS) is 24.0. The second-order valence-corrected chi connectivity index (χ2v) is 20.8. The molecule has 1 aliphatic rings. The van der Waals surface area contributed by atoms with Gasteiger partial charge in [-0.05, 0) is 50.6 Å². The third kappa shape index (κ3) is 4.91. The van der Waals surface area contributed by atoms with E-state index in [0.29, 0.717) is 10.2 Å². The lowest BCUT2D eigenvalue weighted by atomic mass is 9.94. The number of hydrogen-bond donors (Lipinski definition) is 0. The zero-order valence-electron chi connectivity index (χ0n) is 17.6. The third-order valence-electron chi connectivity index (χ3n) is 5.73. The summed E-state index contributed by atoms with van der Waals surface area (Å²) in [6.07, 6.45) is -1.34. The van der Waals surface area contributed by atoms with Crippen LogP contribution in [0.1, 0.15) is 34.6 Å². The van der Waals surface area contributed by atoms with E-state index in [9.17, 15) is 13.2 Å². The molecule has 0 saturated carbocycles. The van der Waals surface area contributed by atoms with Crippen LogP contribution in [0.2, 0.25) is 37.8 Å². The van der Waals surface area contributed by atoms with Crippen molar-refractivity contribution in [2.24, 2.45) is 11.8 Å². The number of carbonyl (C=O) groups is 1. The zero-order valence-corrected chi connectivity index (χ0v) is 21.2. The van der Waals surface area contributed by atoms with Crippen LogP contribution in [0.25, 0.3) is 0 Å². The van der Waals surface area contributed by atoms with Crippen LogP contribution >= 0.6 is 10.7 Å². The molecule has 1 saturated heterocycles. The Morgan fingerprint density at radius 1 is 1.12 bits per heavy atom. The van der Waals surface area contributed by atoms with E-state index in [2.05, 4.69) is 40.8 Å². The number of halogens is 1. The smallest absolute Gasteiger partial charge is 0.326 e. The second kappa shape index (κ2) is 7.47. The van der Waals surface area contributed by atoms with Gasteiger partial charge in [-0.2, -0.15) is 12.7 Å². The van der Waals surface area contributed by atoms with Crippen LogP contribution in [0.4, 0.5) is 0 Å². The molecule has 0 aromatic rings. The topological polar surface area (TPSA) is 72.9 Å². The van der Waals surface area contributed by atoms with E-state index in [4.69, 9.17) is 19.5 Å². The Hall–Kier alpha value is 0.0638. The molecule has 0 aromatic carbocycles. The van der Waals surface area contributed by atoms with Crippen LogP contribution in [-0.2, 0) is 22.9 Å². The van der Waals surface area contributed by atoms with Crippen LogP contribution < -0.4 is 0 Å². The molecule has 0 N–H and O–H groups in total. The van der Waals surface area contributed by atoms with Gasteiger partial charge in [-0.3, -0.25) is 4.79 Å². The molecule has 1 heterocycles. The molecule has 6 nitrogen and oxygen atoms in total. The molecule has 1 amide bonds. The molecule has 0 bridgehead atoms. The summed E-state index contributed by atoms with van der Waals surface area (Å²) in [6.45, 7) is 20.6. The standard InChI is InChI=1S/C16H34ClNO5SSi2/c1-11(2)16(4,5)26(9,10)22-12(3)13-14(19)18(24(17,20)21)15(13)23-25(6,7)8/h11-13,15H,1-10H3. The molecule has 154 valence electrons. The summed E-state index contributed by atoms with van der Waals surface area (Å²) in [5, 5.41) is -0.0125. The van der Waals surface area contributed by atoms with E-state index in [0.717, 1.165) is 0 Å². The Labute approximate surface area is 165 Å². The first-order valence-corrected chi connectivity index (χ1v) is 17.5. The highest BCUT2D eigenvalue weighted by atomic mass is 35.7. The maximum absolute atomic E-state index is 12.5. The Bertz CT molecular complexity index is 646. The molecule has 1 aliphatic heterocycles. The molecule has 0 radical (unpaired) electrons. The molecule has 1 fully saturated rings. The molecule has 0 aromatic heterocycles. The molecule has 3 unspecified atom stereocenters. The highest BCUT2D eigenvalue weighted by Gasteiger charge is 2.58. The zero-order chi connectivity index (χ0) is 20.9. The lowest BCUT2D eigenvalue weighted by Gasteiger charge is -2.51. The van der Waals surface area contributed by atoms with Crippen molar-refractivity contribution in [3.63, 3.8) is 0 Å². The highest BCUT2D eigenvalue weighted by Crippen LogP contribution is 2.47. The summed E-state index contributed by atoms with van der Waals surface area (Å²) in [7, 11) is -3.02. The summed E-state index contributed by atoms with van der Waals surface area (Å²) >= 11 is 0. The predicted molar refractivity (Wildman–Crippen MR) is 110 cm³/mol. The van der Waals surface area contributed by atoms with Crippen molar-refractivity contribution in [3.05, 3.63) is 0 Å². The lowest BCUT2D eigenvalue weighted by Crippen LogP contribution is -2.68. The van der Waals surface area contributed by atoms with E-state index >= 15 is 0 Å². The van der Waals surface area contributed by atoms with Crippen molar-refractivity contribution in [3.8, 4) is 0 Å². The van der Waals surface area contributed by atoms with Crippen LogP contribution in [0.15, 0.2) is 0 Å². The molecular weight excluding hydrogens is 410 g/mol. The van der Waals surface area contributed by atoms with E-state index in [1.54, 1.807) is 0 Å². The number of amides is 1. The predicted octanol–water partition coefficient (Wildman–Crippen LogP) is 4.15. The quantitative estimate of drug-likeness (QED) is 0.320. The molecular formula is C16H34ClNO5SSi2. The highest BCUT2D eigenvalue weighted by molar-refractivity contribution is 8.12. The van der Waals surface area contributed by atoms with Gasteiger partial charge in [-0.25, -0.2) is 0 Å². The minimum absolute atomic E-state index is 0.0125. The maximum Gasteiger partial charge on any atom is 0.326 e. The summed E-state index contributed by atoms with van der Waals surface area (Å²) in [4.78, 5) is 12.5. The molecule has 10 heteroatoms. The molecule has 3 atom stereocenters. The number of hydrogen-bond acceptors (Lipinski definition) is 5. The maximum atomic E-state index is 12.5. The minimum atomic E-state index is -4.18. The van der Waals surface area contributed by atoms with Crippen molar-refractivity contribution in [2.45, 2.75) is 84.7 Å². The summed E-state index contributed by atoms with van der Waals surface area (Å²) < 4.78 is 36.7. The van der Waals surface area contributed by atoms with Crippen molar-refractivity contribution >= 4 is 42.5 Å². The Kier molecular flexibility index (Phi) is 6.93. The summed E-state index contributed by atoms with van der Waals surface area (Å²) in [5.41, 5.74) is 0. The Morgan fingerprint density at radius 2 is 1.58 bits per heavy atom. The van der Waals surface area contributed by atoms with Crippen LogP contribution in [-0.4, -0.2) is 47.6 Å². The number of rotatable bonds is 8. The average molecular weight is 444 g/mol. The van der Waals surface area contributed by atoms with Gasteiger partial charge in [0.25, 0.3) is 0 Å². The second-order valence-electron chi connectivity index (χ2n) is 9.43. The van der Waals surface area contributed by atoms with Crippen molar-refractivity contribution < 1.29 is 22.1 Å². The Balaban J connectivity index is 3.10. The van der Waals surface area contributed by atoms with E-state index in [-0.39, 0.29) is 5.04 Å². The minimum Gasteiger partial charge on any atom is -0.413 e. The van der Waals surface area contributed by atoms with E-state index in [1.165, 1.54) is 0 Å². The van der Waals surface area contributed by atoms with Crippen molar-refractivity contribution in [2.75, 3.05) is 0 Å². The van der Waals surface area contributed by atoms with Gasteiger partial charge in [-0.15, -0.1) is 0 Å². The largest absolute Gasteiger partial charge is 0.413 e. The first kappa shape index (κ1) is 24.1. The Morgan fingerprint density at radius 3 is 1.92 bits per heavy atom. The van der Waals surface area contributed by atoms with Gasteiger partial charge in [0.05, 0.1) is 6.10 Å². The number of carbonyl (C=O) groups excluding carboxylic acids is 1. The molecule has 1 rings (SSSR count). The summed E-state index contributed by atoms with van der Waals surface area (Å²) in [5.74, 6) is -0.796. The first-order valence-electron chi connectivity index (χ1n) is 8.96. The van der Waals surface area contributed by atoms with Crippen LogP contribution in [0.3, 0.4) is 0 Å². The van der Waals surface area contributed by atoms with Crippen LogP contribution in [0, 0.1) is 11.8 Å².